The van der Waals surface area contributed by atoms with Crippen LogP contribution in [0.15, 0.2) is 59.6 Å². The first-order valence-corrected chi connectivity index (χ1v) is 8.49. The topological polar surface area (TPSA) is 127 Å². The highest BCUT2D eigenvalue weighted by atomic mass is 16.6. The number of carbonyl (C=O) groups excluding carboxylic acids is 1. The van der Waals surface area contributed by atoms with Crippen LogP contribution >= 0.6 is 0 Å². The van der Waals surface area contributed by atoms with Gasteiger partial charge in [-0.05, 0) is 6.07 Å². The maximum Gasteiger partial charge on any atom is 0.263 e. The third kappa shape index (κ3) is 5.22. The largest absolute Gasteiger partial charge is 0.396 e. The summed E-state index contributed by atoms with van der Waals surface area (Å²) >= 11 is 0. The van der Waals surface area contributed by atoms with Gasteiger partial charge in [-0.15, -0.1) is 0 Å². The van der Waals surface area contributed by atoms with Gasteiger partial charge in [0, 0.05) is 16.5 Å². The number of carbonyl (C=O) groups is 1. The summed E-state index contributed by atoms with van der Waals surface area (Å²) in [6.45, 7) is 5.59. The fraction of sp³-hybridized carbons (Fsp3) is 0.250. The summed E-state index contributed by atoms with van der Waals surface area (Å²) < 4.78 is 0. The predicted molar refractivity (Wildman–Crippen MR) is 108 cm³/mol. The van der Waals surface area contributed by atoms with Crippen molar-refractivity contribution in [3.05, 3.63) is 65.7 Å². The van der Waals surface area contributed by atoms with Crippen molar-refractivity contribution >= 4 is 23.2 Å². The molecular weight excluding hydrogens is 342 g/mol. The summed E-state index contributed by atoms with van der Waals surface area (Å²) in [5, 5.41) is 9.84. The minimum Gasteiger partial charge on any atom is -0.396 e. The van der Waals surface area contributed by atoms with Crippen molar-refractivity contribution in [1.29, 1.82) is 5.41 Å². The van der Waals surface area contributed by atoms with E-state index in [0.717, 1.165) is 22.5 Å². The van der Waals surface area contributed by atoms with Crippen molar-refractivity contribution in [2.45, 2.75) is 26.9 Å². The summed E-state index contributed by atoms with van der Waals surface area (Å²) in [5.41, 5.74) is 8.84. The molecule has 2 aromatic carbocycles. The summed E-state index contributed by atoms with van der Waals surface area (Å²) in [5.74, 6) is 4.55. The van der Waals surface area contributed by atoms with E-state index < -0.39 is 6.17 Å². The SMILES string of the molecule is CC(C)(C)C(=N)ON.NC1N=C(c2ccccc2)c2ccccc2NC1=O. The Kier molecular flexibility index (Phi) is 6.44. The third-order valence-corrected chi connectivity index (χ3v) is 3.82. The molecule has 2 aromatic rings. The molecule has 1 aliphatic rings. The van der Waals surface area contributed by atoms with Crippen LogP contribution < -0.4 is 16.9 Å². The molecule has 0 bridgehead atoms. The zero-order valence-electron chi connectivity index (χ0n) is 15.7. The average molecular weight is 367 g/mol. The summed E-state index contributed by atoms with van der Waals surface area (Å²) in [7, 11) is 0. The smallest absolute Gasteiger partial charge is 0.263 e. The Balaban J connectivity index is 0.000000279. The van der Waals surface area contributed by atoms with Crippen LogP contribution in [0.2, 0.25) is 0 Å². The number of nitrogens with one attached hydrogen (secondary N) is 2. The predicted octanol–water partition coefficient (Wildman–Crippen LogP) is 2.66. The van der Waals surface area contributed by atoms with E-state index in [9.17, 15) is 4.79 Å². The molecule has 0 aliphatic carbocycles. The van der Waals surface area contributed by atoms with Crippen LogP contribution in [-0.4, -0.2) is 23.7 Å². The van der Waals surface area contributed by atoms with Crippen molar-refractivity contribution < 1.29 is 9.63 Å². The van der Waals surface area contributed by atoms with Crippen LogP contribution in [-0.2, 0) is 9.63 Å². The molecule has 1 aliphatic heterocycles. The minimum absolute atomic E-state index is 0.109. The van der Waals surface area contributed by atoms with E-state index in [0.29, 0.717) is 0 Å². The lowest BCUT2D eigenvalue weighted by Gasteiger charge is -2.15. The van der Waals surface area contributed by atoms with E-state index in [1.807, 2.05) is 75.4 Å². The zero-order chi connectivity index (χ0) is 20.0. The van der Waals surface area contributed by atoms with E-state index in [2.05, 4.69) is 15.1 Å². The molecule has 3 rings (SSSR count). The van der Waals surface area contributed by atoms with E-state index in [1.54, 1.807) is 0 Å². The van der Waals surface area contributed by atoms with Crippen molar-refractivity contribution in [2.24, 2.45) is 22.0 Å². The van der Waals surface area contributed by atoms with Gasteiger partial charge in [-0.25, -0.2) is 0 Å². The summed E-state index contributed by atoms with van der Waals surface area (Å²) in [4.78, 5) is 20.4. The summed E-state index contributed by atoms with van der Waals surface area (Å²) in [6.07, 6.45) is -0.886. The van der Waals surface area contributed by atoms with Crippen molar-refractivity contribution in [3.8, 4) is 0 Å². The lowest BCUT2D eigenvalue weighted by molar-refractivity contribution is -0.117. The fourth-order valence-corrected chi connectivity index (χ4v) is 2.28. The zero-order valence-corrected chi connectivity index (χ0v) is 15.7. The molecule has 1 heterocycles. The van der Waals surface area contributed by atoms with Crippen LogP contribution in [0.3, 0.4) is 0 Å². The number of amides is 1. The maximum atomic E-state index is 11.8. The molecular formula is C20H25N5O2. The molecule has 27 heavy (non-hydrogen) atoms. The lowest BCUT2D eigenvalue weighted by atomic mass is 9.97. The number of rotatable bonds is 1. The van der Waals surface area contributed by atoms with Gasteiger partial charge in [0.2, 0.25) is 5.90 Å². The number of aliphatic imine (C=N–C) groups is 1. The standard InChI is InChI=1S/C15H13N3O.C5H12N2O/c16-14-15(19)17-12-9-5-4-8-11(12)13(18-14)10-6-2-1-3-7-10;1-5(2,3)4(6)8-7/h1-9,14H,16H2,(H,17,19);6H,7H2,1-3H3. The number of benzene rings is 2. The van der Waals surface area contributed by atoms with Gasteiger partial charge in [-0.2, -0.15) is 5.90 Å². The Hall–Kier alpha value is -3.03. The number of nitrogens with zero attached hydrogens (tertiary/aromatic N) is 1. The highest BCUT2D eigenvalue weighted by Crippen LogP contribution is 2.23. The van der Waals surface area contributed by atoms with E-state index in [-0.39, 0.29) is 17.2 Å². The second kappa shape index (κ2) is 8.57. The molecule has 0 radical (unpaired) electrons. The average Bonchev–Trinajstić information content (AvgIpc) is 2.78. The molecule has 0 saturated carbocycles. The van der Waals surface area contributed by atoms with Gasteiger partial charge in [-0.1, -0.05) is 69.3 Å². The molecule has 7 heteroatoms. The van der Waals surface area contributed by atoms with Crippen molar-refractivity contribution in [2.75, 3.05) is 5.32 Å². The molecule has 0 fully saturated rings. The molecule has 0 aromatic heterocycles. The first-order valence-electron chi connectivity index (χ1n) is 8.49. The van der Waals surface area contributed by atoms with E-state index >= 15 is 0 Å². The van der Waals surface area contributed by atoms with Gasteiger partial charge in [0.1, 0.15) is 0 Å². The van der Waals surface area contributed by atoms with Crippen molar-refractivity contribution in [1.82, 2.24) is 0 Å². The van der Waals surface area contributed by atoms with Crippen LogP contribution in [0.4, 0.5) is 5.69 Å². The van der Waals surface area contributed by atoms with Crippen molar-refractivity contribution in [3.63, 3.8) is 0 Å². The summed E-state index contributed by atoms with van der Waals surface area (Å²) in [6, 6.07) is 17.3. The van der Waals surface area contributed by atoms with E-state index in [4.69, 9.17) is 17.0 Å². The van der Waals surface area contributed by atoms with Gasteiger partial charge in [0.25, 0.3) is 5.91 Å². The number of anilines is 1. The van der Waals surface area contributed by atoms with Gasteiger partial charge < -0.3 is 15.9 Å². The fourth-order valence-electron chi connectivity index (χ4n) is 2.28. The third-order valence-electron chi connectivity index (χ3n) is 3.82. The van der Waals surface area contributed by atoms with Gasteiger partial charge in [0.05, 0.1) is 11.4 Å². The number of hydrogen-bond donors (Lipinski definition) is 4. The number of hydrogen-bond acceptors (Lipinski definition) is 6. The Morgan fingerprint density at radius 2 is 1.70 bits per heavy atom. The molecule has 6 N–H and O–H groups in total. The quantitative estimate of drug-likeness (QED) is 0.351. The first kappa shape index (κ1) is 20.3. The van der Waals surface area contributed by atoms with Gasteiger partial charge in [-0.3, -0.25) is 15.2 Å². The van der Waals surface area contributed by atoms with E-state index in [1.165, 1.54) is 0 Å². The molecule has 1 unspecified atom stereocenters. The molecule has 1 amide bonds. The van der Waals surface area contributed by atoms with Crippen LogP contribution in [0.5, 0.6) is 0 Å². The Labute approximate surface area is 158 Å². The monoisotopic (exact) mass is 367 g/mol. The second-order valence-electron chi connectivity index (χ2n) is 7.02. The number of fused-ring (bicyclic) bond motifs is 1. The van der Waals surface area contributed by atoms with Gasteiger partial charge in [0.15, 0.2) is 6.17 Å². The minimum atomic E-state index is -0.886. The highest BCUT2D eigenvalue weighted by Gasteiger charge is 2.22. The van der Waals surface area contributed by atoms with Gasteiger partial charge >= 0.3 is 0 Å². The first-order chi connectivity index (χ1) is 12.7. The maximum absolute atomic E-state index is 11.8. The van der Waals surface area contributed by atoms with Crippen LogP contribution in [0.25, 0.3) is 0 Å². The number of para-hydroxylation sites is 1. The number of benzodiazepines with no additional fused rings is 1. The molecule has 7 nitrogen and oxygen atoms in total. The Morgan fingerprint density at radius 3 is 2.26 bits per heavy atom. The molecule has 142 valence electrons. The highest BCUT2D eigenvalue weighted by molar-refractivity contribution is 6.19. The lowest BCUT2D eigenvalue weighted by Crippen LogP contribution is -2.33. The Morgan fingerprint density at radius 1 is 1.11 bits per heavy atom. The molecule has 1 atom stereocenters. The van der Waals surface area contributed by atoms with Crippen LogP contribution in [0.1, 0.15) is 31.9 Å². The number of nitrogens with two attached hydrogens (primary N) is 2. The molecule has 0 saturated heterocycles. The second-order valence-corrected chi connectivity index (χ2v) is 7.02. The molecule has 0 spiro atoms. The Bertz CT molecular complexity index is 841. The normalized spacial score (nSPS) is 16.0. The van der Waals surface area contributed by atoms with Crippen LogP contribution in [0, 0.1) is 10.8 Å².